The first-order chi connectivity index (χ1) is 52.9. The fourth-order valence-electron chi connectivity index (χ4n) is 21.0. The van der Waals surface area contributed by atoms with Crippen LogP contribution in [0.25, 0.3) is 0 Å². The van der Waals surface area contributed by atoms with Crippen molar-refractivity contribution >= 4 is 24.2 Å². The summed E-state index contributed by atoms with van der Waals surface area (Å²) in [5.74, 6) is -5.38. The SMILES string of the molecule is CC(=O)O[C@@H]1[C@H](O[C@@H]2O[C@H](CO)[C@@H](O)[C@H](O)[C@H]2O)[C@@H](O[C@@H]2O[C@@H](C)[C@H](O)[C@@H](O[C@@H]3O[C@H](CO)[C@@H](O)[C@H](O)[C@H]3O)[C@H]2O)[C@H](OC(=O)[C@]23CCC(C)(C)C[C@H]2C2=CC[C@@H]4[C@@]5(C)CC[C@H](O[C@@H]6O[C@H](C(=O)O)[C@@H](O)[C@H](O[C@@H]7O[C@@H](C)[C@H](O)[C@@H](O)[C@H]7O)[C@H]6O[C@@H]6O[C@H](CO)[C@H](O)[C@H](O)[C@H]6O)[C@@](C)(C=O)[C@@H]5CC[C@@]4(C)[C@]2(C)C[C@H]3O)O[C@@H]1C. The molecule has 0 unspecified atom stereocenters. The van der Waals surface area contributed by atoms with E-state index in [2.05, 4.69) is 26.8 Å². The third kappa shape index (κ3) is 15.4. The molecule has 5 aliphatic carbocycles. The van der Waals surface area contributed by atoms with Crippen molar-refractivity contribution in [3.63, 3.8) is 0 Å². The highest BCUT2D eigenvalue weighted by molar-refractivity contribution is 5.80. The topological polar surface area (TPSA) is 611 Å². The maximum Gasteiger partial charge on any atom is 0.335 e. The Morgan fingerprint density at radius 2 is 0.920 bits per heavy atom. The number of aldehydes is 1. The minimum atomic E-state index is -2.26. The van der Waals surface area contributed by atoms with Crippen LogP contribution in [0, 0.1) is 50.2 Å². The van der Waals surface area contributed by atoms with Crippen LogP contribution in [0.5, 0.6) is 0 Å². The highest BCUT2D eigenvalue weighted by Gasteiger charge is 2.74. The second-order valence-corrected chi connectivity index (χ2v) is 35.0. The van der Waals surface area contributed by atoms with Gasteiger partial charge in [0.05, 0.1) is 55.8 Å². The number of allylic oxidation sites excluding steroid dienone is 2. The van der Waals surface area contributed by atoms with Crippen molar-refractivity contribution in [1.29, 1.82) is 0 Å². The molecule has 0 aromatic heterocycles. The molecule has 45 atom stereocenters. The molecular formula is C74H116O39. The third-order valence-corrected chi connectivity index (χ3v) is 27.9. The molecule has 39 nitrogen and oxygen atoms in total. The molecule has 646 valence electrons. The van der Waals surface area contributed by atoms with E-state index >= 15 is 4.79 Å². The van der Waals surface area contributed by atoms with Gasteiger partial charge in [0.25, 0.3) is 0 Å². The predicted molar refractivity (Wildman–Crippen MR) is 368 cm³/mol. The van der Waals surface area contributed by atoms with Gasteiger partial charge in [0.2, 0.25) is 6.29 Å². The van der Waals surface area contributed by atoms with Gasteiger partial charge in [-0.3, -0.25) is 9.59 Å². The molecule has 0 amide bonds. The molecular weight excluding hydrogens is 1510 g/mol. The number of rotatable bonds is 20. The van der Waals surface area contributed by atoms with Crippen LogP contribution < -0.4 is 0 Å². The summed E-state index contributed by atoms with van der Waals surface area (Å²) in [6, 6.07) is 0. The summed E-state index contributed by atoms with van der Waals surface area (Å²) < 4.78 is 92.0. The third-order valence-electron chi connectivity index (χ3n) is 27.9. The minimum absolute atomic E-state index is 0.0174. The predicted octanol–water partition coefficient (Wildman–Crippen LogP) is -6.67. The van der Waals surface area contributed by atoms with E-state index in [1.54, 1.807) is 6.92 Å². The lowest BCUT2D eigenvalue weighted by molar-refractivity contribution is -0.394. The summed E-state index contributed by atoms with van der Waals surface area (Å²) in [6.07, 6.45) is -64.0. The van der Waals surface area contributed by atoms with Gasteiger partial charge in [-0.25, -0.2) is 4.79 Å². The molecule has 0 aromatic rings. The smallest absolute Gasteiger partial charge is 0.335 e. The van der Waals surface area contributed by atoms with E-state index in [1.165, 1.54) is 20.8 Å². The monoisotopic (exact) mass is 1630 g/mol. The van der Waals surface area contributed by atoms with Crippen LogP contribution in [0.2, 0.25) is 0 Å². The molecule has 20 N–H and O–H groups in total. The lowest BCUT2D eigenvalue weighted by Gasteiger charge is -2.71. The number of ether oxygens (including phenoxy) is 15. The van der Waals surface area contributed by atoms with Crippen molar-refractivity contribution in [2.24, 2.45) is 50.2 Å². The molecule has 0 spiro atoms. The number of carbonyl (C=O) groups excluding carboxylic acids is 3. The van der Waals surface area contributed by atoms with Gasteiger partial charge < -0.3 is 178 Å². The Morgan fingerprint density at radius 1 is 0.451 bits per heavy atom. The average Bonchev–Trinajstić information content (AvgIpc) is 0.669. The van der Waals surface area contributed by atoms with Gasteiger partial charge in [-0.15, -0.1) is 0 Å². The number of carbonyl (C=O) groups is 4. The second-order valence-electron chi connectivity index (χ2n) is 35.0. The van der Waals surface area contributed by atoms with Gasteiger partial charge >= 0.3 is 17.9 Å². The van der Waals surface area contributed by atoms with E-state index in [-0.39, 0.29) is 25.2 Å². The van der Waals surface area contributed by atoms with Crippen LogP contribution in [-0.2, 0) is 90.2 Å². The van der Waals surface area contributed by atoms with E-state index in [9.17, 15) is 117 Å². The molecule has 0 radical (unpaired) electrons. The van der Waals surface area contributed by atoms with Crippen LogP contribution in [0.3, 0.4) is 0 Å². The number of aliphatic hydroxyl groups is 19. The minimum Gasteiger partial charge on any atom is -0.479 e. The molecule has 11 fully saturated rings. The Morgan fingerprint density at radius 3 is 1.43 bits per heavy atom. The van der Waals surface area contributed by atoms with E-state index in [4.69, 9.17) is 71.1 Å². The van der Waals surface area contributed by atoms with Crippen molar-refractivity contribution in [3.8, 4) is 0 Å². The number of carboxylic acid groups (broad SMARTS) is 1. The lowest BCUT2D eigenvalue weighted by Crippen LogP contribution is -2.70. The molecule has 12 aliphatic rings. The molecule has 7 aliphatic heterocycles. The Hall–Kier alpha value is -3.46. The Balaban J connectivity index is 0.862. The standard InChI is InChI=1S/C74H116O39/c1-25-38(81)43(86)47(90)61(99-25)108-55-51(94)56(60(96)97)109-67(58(55)111-64-50(93)46(89)42(85)33(23-77)105-64)106-37-14-15-70(7)34(71(37,8)24-78)13-16-72(9)35(70)12-11-29-30-19-69(5,6)17-18-74(30,36(80)20-73(29,72)10)68(98)113-66-59(57(53(27(3)101-66)102-28(4)79)110-63-49(92)45(88)41(84)32(22-76)104-63)112-65-52(95)54(39(82)26(2)100-65)107-62-48(91)44(87)40(83)31(21-75)103-62/h11,24-27,30-59,61-67,75-77,80-95H,12-23H2,1-10H3,(H,96,97)/t25-,26-,27+,30-,31+,32+,33+,34+,35+,36+,37-,38-,39-,40+,41+,42-,43+,44-,45-,46-,47+,48+,49+,50+,51-,52+,53-,54+,55-,56-,57-,58+,59+,61-,62-,63-,64-,65-,66-,67+,70-,71-,72+,73+,74+/m0/s1. The first kappa shape index (κ1) is 88.8. The summed E-state index contributed by atoms with van der Waals surface area (Å²) in [4.78, 5) is 57.0. The molecule has 0 bridgehead atoms. The fraction of sp³-hybridized carbons (Fsp3) is 0.919. The number of aliphatic hydroxyl groups excluding tert-OH is 19. The maximum atomic E-state index is 16.3. The van der Waals surface area contributed by atoms with Crippen molar-refractivity contribution in [1.82, 2.24) is 0 Å². The number of aliphatic carboxylic acids is 1. The highest BCUT2D eigenvalue weighted by Crippen LogP contribution is 2.76. The maximum absolute atomic E-state index is 16.3. The van der Waals surface area contributed by atoms with E-state index in [0.717, 1.165) is 18.8 Å². The summed E-state index contributed by atoms with van der Waals surface area (Å²) in [7, 11) is 0. The van der Waals surface area contributed by atoms with E-state index in [0.29, 0.717) is 38.5 Å². The summed E-state index contributed by atoms with van der Waals surface area (Å²) in [6.45, 7) is 14.4. The van der Waals surface area contributed by atoms with Gasteiger partial charge in [-0.1, -0.05) is 53.2 Å². The van der Waals surface area contributed by atoms with Gasteiger partial charge in [0, 0.05) is 6.92 Å². The van der Waals surface area contributed by atoms with Crippen molar-refractivity contribution in [3.05, 3.63) is 11.6 Å². The Bertz CT molecular complexity index is 3350. The van der Waals surface area contributed by atoms with E-state index in [1.807, 2.05) is 13.8 Å². The fourth-order valence-corrected chi connectivity index (χ4v) is 21.0. The molecule has 0 aromatic carbocycles. The lowest BCUT2D eigenvalue weighted by atomic mass is 9.33. The summed E-state index contributed by atoms with van der Waals surface area (Å²) >= 11 is 0. The molecule has 7 heterocycles. The molecule has 12 rings (SSSR count). The van der Waals surface area contributed by atoms with Crippen LogP contribution >= 0.6 is 0 Å². The quantitative estimate of drug-likeness (QED) is 0.0233. The average molecular weight is 1630 g/mol. The van der Waals surface area contributed by atoms with Gasteiger partial charge in [0.15, 0.2) is 56.1 Å². The number of fused-ring (bicyclic) bond motifs is 7. The van der Waals surface area contributed by atoms with Crippen LogP contribution in [0.1, 0.15) is 127 Å². The number of hydrogen-bond donors (Lipinski definition) is 20. The Labute approximate surface area is 650 Å². The normalized spacial score (nSPS) is 53.9. The largest absolute Gasteiger partial charge is 0.479 e. The van der Waals surface area contributed by atoms with Crippen molar-refractivity contribution in [2.75, 3.05) is 19.8 Å². The zero-order valence-electron chi connectivity index (χ0n) is 64.4. The zero-order valence-corrected chi connectivity index (χ0v) is 64.4. The molecule has 113 heavy (non-hydrogen) atoms. The van der Waals surface area contributed by atoms with Crippen LogP contribution in [-0.4, -0.2) is 373 Å². The van der Waals surface area contributed by atoms with Crippen molar-refractivity contribution < 1.29 is 192 Å². The van der Waals surface area contributed by atoms with E-state index < -0.39 is 309 Å². The second kappa shape index (κ2) is 33.5. The number of carboxylic acids is 1. The highest BCUT2D eigenvalue weighted by atomic mass is 16.8. The molecule has 4 saturated carbocycles. The summed E-state index contributed by atoms with van der Waals surface area (Å²) in [5.41, 5.74) is -5.46. The van der Waals surface area contributed by atoms with Crippen LogP contribution in [0.4, 0.5) is 0 Å². The zero-order chi connectivity index (χ0) is 82.9. The Kier molecular flexibility index (Phi) is 26.3. The van der Waals surface area contributed by atoms with Gasteiger partial charge in [-0.2, -0.15) is 0 Å². The van der Waals surface area contributed by atoms with Crippen molar-refractivity contribution in [2.45, 2.75) is 354 Å². The first-order valence-electron chi connectivity index (χ1n) is 38.9. The molecule has 39 heteroatoms. The van der Waals surface area contributed by atoms with Gasteiger partial charge in [0.1, 0.15) is 146 Å². The van der Waals surface area contributed by atoms with Gasteiger partial charge in [-0.05, 0) is 118 Å². The summed E-state index contributed by atoms with van der Waals surface area (Å²) in [5, 5.41) is 221. The number of esters is 2. The first-order valence-corrected chi connectivity index (χ1v) is 38.9. The molecule has 7 saturated heterocycles. The number of hydrogen-bond acceptors (Lipinski definition) is 38. The van der Waals surface area contributed by atoms with Crippen LogP contribution in [0.15, 0.2) is 11.6 Å².